The molecule has 0 aromatic rings. The summed E-state index contributed by atoms with van der Waals surface area (Å²) < 4.78 is 0. The van der Waals surface area contributed by atoms with Crippen LogP contribution in [0, 0.1) is 6.92 Å². The molecular formula is C4H4O3. The van der Waals surface area contributed by atoms with Gasteiger partial charge in [0.05, 0.1) is 0 Å². The second-order valence-electron chi connectivity index (χ2n) is 0.932. The first kappa shape index (κ1) is 6.14. The molecular weight excluding hydrogens is 96.0 g/mol. The summed E-state index contributed by atoms with van der Waals surface area (Å²) in [4.78, 5) is 19.3. The predicted octanol–water partition coefficient (Wildman–Crippen LogP) is -0.259. The lowest BCUT2D eigenvalue weighted by molar-refractivity contribution is -0.148. The molecule has 3 nitrogen and oxygen atoms in total. The number of carbonyl (C=O) groups excluding carboxylic acids is 1. The van der Waals surface area contributed by atoms with E-state index in [1.807, 2.05) is 0 Å². The zero-order valence-electron chi connectivity index (χ0n) is 3.55. The van der Waals surface area contributed by atoms with Crippen molar-refractivity contribution < 1.29 is 14.7 Å². The molecule has 3 heteroatoms. The van der Waals surface area contributed by atoms with Gasteiger partial charge in [-0.15, -0.1) is 0 Å². The van der Waals surface area contributed by atoms with Crippen LogP contribution < -0.4 is 0 Å². The van der Waals surface area contributed by atoms with E-state index >= 15 is 0 Å². The van der Waals surface area contributed by atoms with E-state index in [-0.39, 0.29) is 0 Å². The van der Waals surface area contributed by atoms with Gasteiger partial charge in [-0.2, -0.15) is 0 Å². The highest BCUT2D eigenvalue weighted by Crippen LogP contribution is 1.76. The number of hydrogen-bond acceptors (Lipinski definition) is 2. The van der Waals surface area contributed by atoms with E-state index in [4.69, 9.17) is 5.11 Å². The molecule has 0 aliphatic carbocycles. The molecule has 0 aromatic carbocycles. The molecule has 0 saturated heterocycles. The number of Topliss-reactive ketones (excluding diaryl/α,β-unsaturated/α-hetero) is 1. The van der Waals surface area contributed by atoms with Gasteiger partial charge in [0, 0.05) is 6.42 Å². The van der Waals surface area contributed by atoms with Gasteiger partial charge in [-0.3, -0.25) is 4.79 Å². The number of carboxylic acids is 1. The minimum absolute atomic E-state index is 0.421. The Balaban J connectivity index is 3.58. The van der Waals surface area contributed by atoms with E-state index in [2.05, 4.69) is 6.92 Å². The third kappa shape index (κ3) is 1.92. The van der Waals surface area contributed by atoms with Crippen LogP contribution in [0.3, 0.4) is 0 Å². The third-order valence-electron chi connectivity index (χ3n) is 0.424. The Morgan fingerprint density at radius 2 is 2.00 bits per heavy atom. The van der Waals surface area contributed by atoms with Gasteiger partial charge < -0.3 is 5.11 Å². The maximum atomic E-state index is 9.79. The van der Waals surface area contributed by atoms with Crippen molar-refractivity contribution in [1.82, 2.24) is 0 Å². The first-order valence-electron chi connectivity index (χ1n) is 1.64. The van der Waals surface area contributed by atoms with Crippen LogP contribution in [0.15, 0.2) is 0 Å². The standard InChI is InChI=1S/C4H4O3/c1-2-3(5)4(6)7/h1H,2H2,(H,6,7). The molecule has 0 aliphatic heterocycles. The fourth-order valence-electron chi connectivity index (χ4n) is 0.0873. The van der Waals surface area contributed by atoms with Crippen molar-refractivity contribution >= 4 is 11.8 Å². The van der Waals surface area contributed by atoms with Crippen molar-refractivity contribution in [2.45, 2.75) is 6.42 Å². The summed E-state index contributed by atoms with van der Waals surface area (Å²) in [5, 5.41) is 7.75. The normalized spacial score (nSPS) is 8.14. The molecule has 2 radical (unpaired) electrons. The lowest BCUT2D eigenvalue weighted by Crippen LogP contribution is -2.09. The molecule has 0 bridgehead atoms. The molecule has 0 rings (SSSR count). The summed E-state index contributed by atoms with van der Waals surface area (Å²) in [6.07, 6.45) is -0.421. The van der Waals surface area contributed by atoms with Gasteiger partial charge in [-0.1, -0.05) is 0 Å². The van der Waals surface area contributed by atoms with Gasteiger partial charge in [-0.05, 0) is 6.92 Å². The Morgan fingerprint density at radius 1 is 1.57 bits per heavy atom. The van der Waals surface area contributed by atoms with Crippen LogP contribution in [0.1, 0.15) is 6.42 Å². The Labute approximate surface area is 41.0 Å². The second kappa shape index (κ2) is 2.34. The molecule has 0 aromatic heterocycles. The van der Waals surface area contributed by atoms with Crippen molar-refractivity contribution in [3.63, 3.8) is 0 Å². The Morgan fingerprint density at radius 3 is 2.00 bits per heavy atom. The van der Waals surface area contributed by atoms with Gasteiger partial charge in [0.25, 0.3) is 0 Å². The zero-order chi connectivity index (χ0) is 5.86. The summed E-state index contributed by atoms with van der Waals surface area (Å²) in [7, 11) is 0. The molecule has 7 heavy (non-hydrogen) atoms. The maximum absolute atomic E-state index is 9.79. The fourth-order valence-corrected chi connectivity index (χ4v) is 0.0873. The van der Waals surface area contributed by atoms with Gasteiger partial charge in [0.1, 0.15) is 0 Å². The van der Waals surface area contributed by atoms with Crippen LogP contribution in [-0.2, 0) is 9.59 Å². The minimum atomic E-state index is -1.47. The number of aliphatic carboxylic acids is 1. The number of rotatable bonds is 2. The van der Waals surface area contributed by atoms with Gasteiger partial charge in [0.15, 0.2) is 0 Å². The molecule has 0 atom stereocenters. The molecule has 0 fully saturated rings. The summed E-state index contributed by atoms with van der Waals surface area (Å²) in [5.74, 6) is -2.43. The van der Waals surface area contributed by atoms with E-state index in [0.29, 0.717) is 0 Å². The predicted molar refractivity (Wildman–Crippen MR) is 21.6 cm³/mol. The van der Waals surface area contributed by atoms with E-state index in [0.717, 1.165) is 0 Å². The first-order chi connectivity index (χ1) is 3.18. The molecule has 0 heterocycles. The van der Waals surface area contributed by atoms with Crippen molar-refractivity contribution in [1.29, 1.82) is 0 Å². The quantitative estimate of drug-likeness (QED) is 0.486. The summed E-state index contributed by atoms with van der Waals surface area (Å²) in [6.45, 7) is 4.64. The van der Waals surface area contributed by atoms with Crippen LogP contribution >= 0.6 is 0 Å². The topological polar surface area (TPSA) is 54.4 Å². The molecule has 38 valence electrons. The smallest absolute Gasteiger partial charge is 0.372 e. The van der Waals surface area contributed by atoms with Crippen LogP contribution in [0.2, 0.25) is 0 Å². The SMILES string of the molecule is [CH]CC(=O)C(=O)O. The average molecular weight is 100 g/mol. The third-order valence-corrected chi connectivity index (χ3v) is 0.424. The molecule has 0 aliphatic rings. The highest BCUT2D eigenvalue weighted by molar-refractivity contribution is 6.32. The number of carboxylic acid groups (broad SMARTS) is 1. The van der Waals surface area contributed by atoms with Crippen molar-refractivity contribution in [2.75, 3.05) is 0 Å². The summed E-state index contributed by atoms with van der Waals surface area (Å²) >= 11 is 0. The summed E-state index contributed by atoms with van der Waals surface area (Å²) in [5.41, 5.74) is 0. The van der Waals surface area contributed by atoms with E-state index in [1.165, 1.54) is 0 Å². The van der Waals surface area contributed by atoms with Crippen molar-refractivity contribution in [3.05, 3.63) is 6.92 Å². The lowest BCUT2D eigenvalue weighted by atomic mass is 10.3. The van der Waals surface area contributed by atoms with Crippen LogP contribution in [0.4, 0.5) is 0 Å². The molecule has 0 saturated carbocycles. The van der Waals surface area contributed by atoms with Gasteiger partial charge >= 0.3 is 5.97 Å². The average Bonchev–Trinajstić information content (AvgIpc) is 1.65. The van der Waals surface area contributed by atoms with Crippen molar-refractivity contribution in [2.24, 2.45) is 0 Å². The van der Waals surface area contributed by atoms with E-state index in [9.17, 15) is 9.59 Å². The highest BCUT2D eigenvalue weighted by atomic mass is 16.4. The van der Waals surface area contributed by atoms with Crippen molar-refractivity contribution in [3.8, 4) is 0 Å². The molecule has 1 N–H and O–H groups in total. The van der Waals surface area contributed by atoms with E-state index < -0.39 is 18.2 Å². The Hall–Kier alpha value is -0.860. The first-order valence-corrected chi connectivity index (χ1v) is 1.64. The zero-order valence-corrected chi connectivity index (χ0v) is 3.55. The van der Waals surface area contributed by atoms with Crippen LogP contribution in [0.5, 0.6) is 0 Å². The Bertz CT molecular complexity index is 95.1. The maximum Gasteiger partial charge on any atom is 0.372 e. The Kier molecular flexibility index (Phi) is 2.05. The molecule has 0 spiro atoms. The lowest BCUT2D eigenvalue weighted by Gasteiger charge is -1.80. The molecule has 0 amide bonds. The minimum Gasteiger partial charge on any atom is -0.476 e. The van der Waals surface area contributed by atoms with Crippen LogP contribution in [-0.4, -0.2) is 16.9 Å². The highest BCUT2D eigenvalue weighted by Gasteiger charge is 2.05. The monoisotopic (exact) mass is 100 g/mol. The fraction of sp³-hybridized carbons (Fsp3) is 0.250. The number of hydrogen-bond donors (Lipinski definition) is 1. The molecule has 0 unspecified atom stereocenters. The largest absolute Gasteiger partial charge is 0.476 e. The second-order valence-corrected chi connectivity index (χ2v) is 0.932. The van der Waals surface area contributed by atoms with Gasteiger partial charge in [0.2, 0.25) is 5.78 Å². The summed E-state index contributed by atoms with van der Waals surface area (Å²) in [6, 6.07) is 0. The number of carbonyl (C=O) groups is 2. The van der Waals surface area contributed by atoms with Gasteiger partial charge in [-0.25, -0.2) is 4.79 Å². The van der Waals surface area contributed by atoms with Crippen LogP contribution in [0.25, 0.3) is 0 Å². The van der Waals surface area contributed by atoms with E-state index in [1.54, 1.807) is 0 Å². The number of ketones is 1.